The van der Waals surface area contributed by atoms with Crippen molar-refractivity contribution >= 4 is 29.9 Å². The number of hydrogen-bond donors (Lipinski definition) is 2. The molecule has 0 radical (unpaired) electrons. The first-order chi connectivity index (χ1) is 9.95. The third-order valence-electron chi connectivity index (χ3n) is 3.96. The van der Waals surface area contributed by atoms with E-state index in [0.29, 0.717) is 18.6 Å². The van der Waals surface area contributed by atoms with Gasteiger partial charge in [0.05, 0.1) is 6.10 Å². The minimum atomic E-state index is -0.203. The Morgan fingerprint density at radius 1 is 1.32 bits per heavy atom. The third kappa shape index (κ3) is 7.46. The van der Waals surface area contributed by atoms with Crippen LogP contribution in [0.15, 0.2) is 4.99 Å². The van der Waals surface area contributed by atoms with Gasteiger partial charge in [0.15, 0.2) is 5.96 Å². The molecule has 1 saturated heterocycles. The molecule has 0 aromatic heterocycles. The Labute approximate surface area is 153 Å². The summed E-state index contributed by atoms with van der Waals surface area (Å²) in [5.41, 5.74) is 0. The van der Waals surface area contributed by atoms with Crippen LogP contribution in [-0.2, 0) is 0 Å². The highest BCUT2D eigenvalue weighted by Gasteiger charge is 2.22. The molecule has 1 aliphatic heterocycles. The van der Waals surface area contributed by atoms with Gasteiger partial charge in [0.2, 0.25) is 0 Å². The molecule has 0 unspecified atom stereocenters. The molecule has 0 aromatic rings. The molecule has 1 fully saturated rings. The van der Waals surface area contributed by atoms with Gasteiger partial charge in [-0.05, 0) is 47.5 Å². The van der Waals surface area contributed by atoms with Crippen molar-refractivity contribution in [3.8, 4) is 0 Å². The number of hydrogen-bond acceptors (Lipinski definition) is 3. The van der Waals surface area contributed by atoms with Crippen molar-refractivity contribution < 1.29 is 5.11 Å². The second-order valence-electron chi connectivity index (χ2n) is 6.40. The standard InChI is InChI=1S/C16H34N4O.HI/c1-6-17-16(19-11-8-15(21)12-19)18-9-7-10-20(13(2)3)14(4)5;/h13-15,21H,6-12H2,1-5H3,(H,17,18);1H/t15-;/m1./s1. The zero-order valence-electron chi connectivity index (χ0n) is 14.9. The van der Waals surface area contributed by atoms with Crippen LogP contribution >= 0.6 is 24.0 Å². The summed E-state index contributed by atoms with van der Waals surface area (Å²) in [5.74, 6) is 0.953. The van der Waals surface area contributed by atoms with Crippen LogP contribution in [0.25, 0.3) is 0 Å². The van der Waals surface area contributed by atoms with Crippen LogP contribution in [0.2, 0.25) is 0 Å². The summed E-state index contributed by atoms with van der Waals surface area (Å²) < 4.78 is 0. The highest BCUT2D eigenvalue weighted by atomic mass is 127. The Hall–Kier alpha value is -0.0800. The van der Waals surface area contributed by atoms with Crippen LogP contribution in [0.5, 0.6) is 0 Å². The fourth-order valence-electron chi connectivity index (χ4n) is 2.91. The molecule has 0 bridgehead atoms. The molecule has 0 aliphatic carbocycles. The van der Waals surface area contributed by atoms with Gasteiger partial charge in [-0.1, -0.05) is 0 Å². The summed E-state index contributed by atoms with van der Waals surface area (Å²) in [6.45, 7) is 15.5. The Morgan fingerprint density at radius 3 is 2.41 bits per heavy atom. The van der Waals surface area contributed by atoms with E-state index in [1.54, 1.807) is 0 Å². The first kappa shape index (κ1) is 21.9. The van der Waals surface area contributed by atoms with Gasteiger partial charge in [0, 0.05) is 44.8 Å². The van der Waals surface area contributed by atoms with Gasteiger partial charge in [0.25, 0.3) is 0 Å². The second-order valence-corrected chi connectivity index (χ2v) is 6.40. The van der Waals surface area contributed by atoms with Crippen molar-refractivity contribution in [3.05, 3.63) is 0 Å². The van der Waals surface area contributed by atoms with Gasteiger partial charge in [-0.2, -0.15) is 0 Å². The van der Waals surface area contributed by atoms with Crippen molar-refractivity contribution in [1.29, 1.82) is 0 Å². The monoisotopic (exact) mass is 426 g/mol. The van der Waals surface area contributed by atoms with Crippen molar-refractivity contribution in [2.24, 2.45) is 4.99 Å². The van der Waals surface area contributed by atoms with Crippen LogP contribution in [0, 0.1) is 0 Å². The van der Waals surface area contributed by atoms with Gasteiger partial charge in [-0.15, -0.1) is 24.0 Å². The largest absolute Gasteiger partial charge is 0.391 e. The molecule has 1 heterocycles. The van der Waals surface area contributed by atoms with Crippen molar-refractivity contribution in [2.45, 2.75) is 65.6 Å². The maximum absolute atomic E-state index is 9.65. The van der Waals surface area contributed by atoms with E-state index in [1.807, 2.05) is 0 Å². The molecule has 6 heteroatoms. The predicted molar refractivity (Wildman–Crippen MR) is 105 cm³/mol. The number of rotatable bonds is 7. The van der Waals surface area contributed by atoms with E-state index >= 15 is 0 Å². The zero-order chi connectivity index (χ0) is 15.8. The minimum absolute atomic E-state index is 0. The number of halogens is 1. The predicted octanol–water partition coefficient (Wildman–Crippen LogP) is 2.15. The first-order valence-electron chi connectivity index (χ1n) is 8.42. The number of likely N-dealkylation sites (tertiary alicyclic amines) is 1. The summed E-state index contributed by atoms with van der Waals surface area (Å²) in [6.07, 6.45) is 1.71. The SMILES string of the molecule is CCNC(=NCCCN(C(C)C)C(C)C)N1CC[C@@H](O)C1.I. The molecular weight excluding hydrogens is 391 g/mol. The van der Waals surface area contributed by atoms with Crippen LogP contribution in [-0.4, -0.2) is 71.8 Å². The van der Waals surface area contributed by atoms with Crippen LogP contribution in [0.4, 0.5) is 0 Å². The molecule has 1 rings (SSSR count). The van der Waals surface area contributed by atoms with Gasteiger partial charge < -0.3 is 15.3 Å². The Kier molecular flexibility index (Phi) is 11.4. The molecular formula is C16H35IN4O. The van der Waals surface area contributed by atoms with Gasteiger partial charge >= 0.3 is 0 Å². The lowest BCUT2D eigenvalue weighted by Crippen LogP contribution is -2.41. The molecule has 1 atom stereocenters. The van der Waals surface area contributed by atoms with Gasteiger partial charge in [0.1, 0.15) is 0 Å². The quantitative estimate of drug-likeness (QED) is 0.284. The minimum Gasteiger partial charge on any atom is -0.391 e. The Morgan fingerprint density at radius 2 is 1.95 bits per heavy atom. The summed E-state index contributed by atoms with van der Waals surface area (Å²) in [7, 11) is 0. The van der Waals surface area contributed by atoms with Crippen molar-refractivity contribution in [1.82, 2.24) is 15.1 Å². The maximum atomic E-state index is 9.65. The lowest BCUT2D eigenvalue weighted by atomic mass is 10.2. The molecule has 2 N–H and O–H groups in total. The van der Waals surface area contributed by atoms with E-state index in [-0.39, 0.29) is 30.1 Å². The van der Waals surface area contributed by atoms with Crippen molar-refractivity contribution in [2.75, 3.05) is 32.7 Å². The number of guanidine groups is 1. The van der Waals surface area contributed by atoms with Gasteiger partial charge in [-0.3, -0.25) is 9.89 Å². The fraction of sp³-hybridized carbons (Fsp3) is 0.938. The van der Waals surface area contributed by atoms with Crippen molar-refractivity contribution in [3.63, 3.8) is 0 Å². The first-order valence-corrected chi connectivity index (χ1v) is 8.42. The highest BCUT2D eigenvalue weighted by Crippen LogP contribution is 2.09. The average Bonchev–Trinajstić information content (AvgIpc) is 2.82. The molecule has 0 spiro atoms. The number of aliphatic hydroxyl groups excluding tert-OH is 1. The van der Waals surface area contributed by atoms with E-state index in [4.69, 9.17) is 4.99 Å². The van der Waals surface area contributed by atoms with E-state index in [2.05, 4.69) is 49.7 Å². The summed E-state index contributed by atoms with van der Waals surface area (Å²) in [5, 5.41) is 13.0. The van der Waals surface area contributed by atoms with E-state index in [9.17, 15) is 5.11 Å². The van der Waals surface area contributed by atoms with Crippen LogP contribution in [0.3, 0.4) is 0 Å². The van der Waals surface area contributed by atoms with Crippen LogP contribution in [0.1, 0.15) is 47.5 Å². The molecule has 1 aliphatic rings. The molecule has 0 saturated carbocycles. The molecule has 22 heavy (non-hydrogen) atoms. The second kappa shape index (κ2) is 11.5. The number of aliphatic imine (C=N–C) groups is 1. The topological polar surface area (TPSA) is 51.1 Å². The third-order valence-corrected chi connectivity index (χ3v) is 3.96. The Balaban J connectivity index is 0.00000441. The van der Waals surface area contributed by atoms with Gasteiger partial charge in [-0.25, -0.2) is 0 Å². The smallest absolute Gasteiger partial charge is 0.194 e. The number of nitrogens with one attached hydrogen (secondary N) is 1. The number of aliphatic hydroxyl groups is 1. The number of nitrogens with zero attached hydrogens (tertiary/aromatic N) is 3. The fourth-order valence-corrected chi connectivity index (χ4v) is 2.91. The molecule has 0 aromatic carbocycles. The summed E-state index contributed by atoms with van der Waals surface area (Å²) in [6, 6.07) is 1.16. The van der Waals surface area contributed by atoms with E-state index in [1.165, 1.54) is 0 Å². The average molecular weight is 426 g/mol. The molecule has 5 nitrogen and oxygen atoms in total. The highest BCUT2D eigenvalue weighted by molar-refractivity contribution is 14.0. The molecule has 0 amide bonds. The summed E-state index contributed by atoms with van der Waals surface area (Å²) >= 11 is 0. The normalized spacial score (nSPS) is 19.2. The van der Waals surface area contributed by atoms with Crippen LogP contribution < -0.4 is 5.32 Å². The Bertz CT molecular complexity index is 315. The lowest BCUT2D eigenvalue weighted by molar-refractivity contribution is 0.174. The summed E-state index contributed by atoms with van der Waals surface area (Å²) in [4.78, 5) is 9.38. The maximum Gasteiger partial charge on any atom is 0.194 e. The number of β-amino-alcohol motifs (C(OH)–C–C–N with tert-alkyl or cyclic N) is 1. The van der Waals surface area contributed by atoms with E-state index < -0.39 is 0 Å². The lowest BCUT2D eigenvalue weighted by Gasteiger charge is -2.30. The molecule has 132 valence electrons. The van der Waals surface area contributed by atoms with E-state index in [0.717, 1.165) is 45.0 Å². The zero-order valence-corrected chi connectivity index (χ0v) is 17.2.